The zero-order valence-corrected chi connectivity index (χ0v) is 14.1. The first kappa shape index (κ1) is 17.3. The van der Waals surface area contributed by atoms with Gasteiger partial charge in [0.2, 0.25) is 5.91 Å². The molecule has 2 heterocycles. The van der Waals surface area contributed by atoms with E-state index in [0.29, 0.717) is 25.3 Å². The average molecular weight is 342 g/mol. The summed E-state index contributed by atoms with van der Waals surface area (Å²) in [7, 11) is 0. The van der Waals surface area contributed by atoms with Gasteiger partial charge in [-0.1, -0.05) is 11.6 Å². The molecule has 2 amide bonds. The van der Waals surface area contributed by atoms with E-state index in [1.165, 1.54) is 4.90 Å². The fourth-order valence-electron chi connectivity index (χ4n) is 2.08. The molecule has 8 nitrogen and oxygen atoms in total. The van der Waals surface area contributed by atoms with Crippen LogP contribution in [0.1, 0.15) is 27.2 Å². The lowest BCUT2D eigenvalue weighted by molar-refractivity contribution is -0.124. The number of likely N-dealkylation sites (tertiary alicyclic amines) is 1. The molecule has 1 saturated heterocycles. The van der Waals surface area contributed by atoms with E-state index in [-0.39, 0.29) is 17.0 Å². The number of ether oxygens (including phenoxy) is 1. The van der Waals surface area contributed by atoms with Crippen LogP contribution in [-0.4, -0.2) is 45.8 Å². The van der Waals surface area contributed by atoms with Crippen LogP contribution >= 0.6 is 11.6 Å². The lowest BCUT2D eigenvalue weighted by Crippen LogP contribution is -2.39. The smallest absolute Gasteiger partial charge is 0.410 e. The standard InChI is InChI=1S/C14H20ClN5O3/c1-14(2,3)23-13(22)20-7-6-9(8-20)12(21)19-18-11-5-4-10(15)16-17-11/h4-5,9H,6-8H2,1-3H3,(H,17,18)(H,19,21). The van der Waals surface area contributed by atoms with E-state index in [9.17, 15) is 9.59 Å². The predicted molar refractivity (Wildman–Crippen MR) is 84.7 cm³/mol. The van der Waals surface area contributed by atoms with Crippen molar-refractivity contribution in [2.24, 2.45) is 5.92 Å². The number of hydrogen-bond acceptors (Lipinski definition) is 6. The minimum atomic E-state index is -0.549. The molecule has 1 aromatic heterocycles. The maximum absolute atomic E-state index is 12.1. The maximum atomic E-state index is 12.1. The Morgan fingerprint density at radius 3 is 2.70 bits per heavy atom. The number of anilines is 1. The minimum absolute atomic E-state index is 0.215. The second-order valence-electron chi connectivity index (χ2n) is 6.27. The Balaban J connectivity index is 1.80. The van der Waals surface area contributed by atoms with Gasteiger partial charge in [-0.25, -0.2) is 4.79 Å². The molecular formula is C14H20ClN5O3. The Hall–Kier alpha value is -2.09. The van der Waals surface area contributed by atoms with Crippen molar-refractivity contribution in [1.29, 1.82) is 0 Å². The number of aromatic nitrogens is 2. The number of halogens is 1. The SMILES string of the molecule is CC(C)(C)OC(=O)N1CCC(C(=O)NNc2ccc(Cl)nn2)C1. The van der Waals surface area contributed by atoms with Crippen molar-refractivity contribution in [3.8, 4) is 0 Å². The highest BCUT2D eigenvalue weighted by Gasteiger charge is 2.33. The third-order valence-corrected chi connectivity index (χ3v) is 3.36. The normalized spacial score (nSPS) is 17.7. The molecule has 0 bridgehead atoms. The summed E-state index contributed by atoms with van der Waals surface area (Å²) in [6.45, 7) is 6.25. The predicted octanol–water partition coefficient (Wildman–Crippen LogP) is 1.83. The fourth-order valence-corrected chi connectivity index (χ4v) is 2.18. The topological polar surface area (TPSA) is 96.5 Å². The van der Waals surface area contributed by atoms with Crippen molar-refractivity contribution >= 4 is 29.4 Å². The van der Waals surface area contributed by atoms with E-state index in [0.717, 1.165) is 0 Å². The number of hydrogen-bond donors (Lipinski definition) is 2. The first-order valence-corrected chi connectivity index (χ1v) is 7.65. The van der Waals surface area contributed by atoms with E-state index in [1.54, 1.807) is 12.1 Å². The van der Waals surface area contributed by atoms with Crippen molar-refractivity contribution in [3.63, 3.8) is 0 Å². The number of amides is 2. The van der Waals surface area contributed by atoms with Crippen LogP contribution in [0.2, 0.25) is 5.15 Å². The van der Waals surface area contributed by atoms with Gasteiger partial charge in [-0.2, -0.15) is 0 Å². The third kappa shape index (κ3) is 5.24. The van der Waals surface area contributed by atoms with Crippen LogP contribution in [0.15, 0.2) is 12.1 Å². The summed E-state index contributed by atoms with van der Waals surface area (Å²) in [4.78, 5) is 25.6. The molecule has 2 rings (SSSR count). The van der Waals surface area contributed by atoms with Gasteiger partial charge in [0.05, 0.1) is 5.92 Å². The molecule has 9 heteroatoms. The average Bonchev–Trinajstić information content (AvgIpc) is 2.94. The molecule has 0 spiro atoms. The molecule has 23 heavy (non-hydrogen) atoms. The van der Waals surface area contributed by atoms with Gasteiger partial charge in [0.15, 0.2) is 11.0 Å². The van der Waals surface area contributed by atoms with Gasteiger partial charge in [-0.15, -0.1) is 10.2 Å². The van der Waals surface area contributed by atoms with Gasteiger partial charge in [0.25, 0.3) is 0 Å². The zero-order valence-electron chi connectivity index (χ0n) is 13.3. The molecule has 1 aliphatic rings. The van der Waals surface area contributed by atoms with Crippen LogP contribution in [-0.2, 0) is 9.53 Å². The summed E-state index contributed by atoms with van der Waals surface area (Å²) in [6.07, 6.45) is 0.184. The highest BCUT2D eigenvalue weighted by Crippen LogP contribution is 2.19. The Morgan fingerprint density at radius 1 is 1.35 bits per heavy atom. The van der Waals surface area contributed by atoms with E-state index in [4.69, 9.17) is 16.3 Å². The van der Waals surface area contributed by atoms with Crippen molar-refractivity contribution in [2.75, 3.05) is 18.5 Å². The number of carbonyl (C=O) groups excluding carboxylic acids is 2. The molecule has 0 saturated carbocycles. The second kappa shape index (κ2) is 6.99. The lowest BCUT2D eigenvalue weighted by atomic mass is 10.1. The van der Waals surface area contributed by atoms with Crippen molar-refractivity contribution in [3.05, 3.63) is 17.3 Å². The van der Waals surface area contributed by atoms with Crippen LogP contribution in [0.3, 0.4) is 0 Å². The van der Waals surface area contributed by atoms with E-state index in [1.807, 2.05) is 20.8 Å². The molecule has 126 valence electrons. The van der Waals surface area contributed by atoms with E-state index < -0.39 is 11.7 Å². The monoisotopic (exact) mass is 341 g/mol. The first-order chi connectivity index (χ1) is 10.7. The Labute approximate surface area is 139 Å². The molecule has 0 radical (unpaired) electrons. The van der Waals surface area contributed by atoms with Crippen molar-refractivity contribution in [2.45, 2.75) is 32.8 Å². The summed E-state index contributed by atoms with van der Waals surface area (Å²) in [5, 5.41) is 7.69. The zero-order chi connectivity index (χ0) is 17.0. The van der Waals surface area contributed by atoms with Gasteiger partial charge < -0.3 is 9.64 Å². The lowest BCUT2D eigenvalue weighted by Gasteiger charge is -2.24. The van der Waals surface area contributed by atoms with Gasteiger partial charge >= 0.3 is 6.09 Å². The van der Waals surface area contributed by atoms with Crippen molar-refractivity contribution < 1.29 is 14.3 Å². The number of nitrogens with zero attached hydrogens (tertiary/aromatic N) is 3. The van der Waals surface area contributed by atoms with E-state index >= 15 is 0 Å². The van der Waals surface area contributed by atoms with Crippen LogP contribution < -0.4 is 10.9 Å². The Kier molecular flexibility index (Phi) is 5.25. The molecule has 1 atom stereocenters. The minimum Gasteiger partial charge on any atom is -0.444 e. The molecule has 1 aromatic rings. The van der Waals surface area contributed by atoms with Crippen LogP contribution in [0.5, 0.6) is 0 Å². The van der Waals surface area contributed by atoms with Crippen LogP contribution in [0.25, 0.3) is 0 Å². The molecule has 1 unspecified atom stereocenters. The van der Waals surface area contributed by atoms with Gasteiger partial charge in [0.1, 0.15) is 5.60 Å². The number of nitrogens with one attached hydrogen (secondary N) is 2. The molecule has 1 fully saturated rings. The summed E-state index contributed by atoms with van der Waals surface area (Å²) >= 11 is 5.63. The highest BCUT2D eigenvalue weighted by atomic mass is 35.5. The Morgan fingerprint density at radius 2 is 2.09 bits per heavy atom. The summed E-state index contributed by atoms with van der Waals surface area (Å²) in [6, 6.07) is 3.15. The van der Waals surface area contributed by atoms with Crippen molar-refractivity contribution in [1.82, 2.24) is 20.5 Å². The van der Waals surface area contributed by atoms with Crippen LogP contribution in [0, 0.1) is 5.92 Å². The first-order valence-electron chi connectivity index (χ1n) is 7.27. The van der Waals surface area contributed by atoms with Crippen LogP contribution in [0.4, 0.5) is 10.6 Å². The fraction of sp³-hybridized carbons (Fsp3) is 0.571. The number of hydrazine groups is 1. The molecule has 0 aromatic carbocycles. The number of carbonyl (C=O) groups is 2. The number of rotatable bonds is 3. The summed E-state index contributed by atoms with van der Waals surface area (Å²) in [5.41, 5.74) is 4.67. The molecule has 2 N–H and O–H groups in total. The summed E-state index contributed by atoms with van der Waals surface area (Å²) < 4.78 is 5.30. The summed E-state index contributed by atoms with van der Waals surface area (Å²) in [5.74, 6) is -0.132. The highest BCUT2D eigenvalue weighted by molar-refractivity contribution is 6.29. The molecule has 0 aliphatic carbocycles. The second-order valence-corrected chi connectivity index (χ2v) is 6.65. The van der Waals surface area contributed by atoms with Gasteiger partial charge in [-0.05, 0) is 39.3 Å². The maximum Gasteiger partial charge on any atom is 0.410 e. The van der Waals surface area contributed by atoms with E-state index in [2.05, 4.69) is 21.0 Å². The third-order valence-electron chi connectivity index (χ3n) is 3.16. The largest absolute Gasteiger partial charge is 0.444 e. The van der Waals surface area contributed by atoms with Gasteiger partial charge in [0, 0.05) is 13.1 Å². The molecular weight excluding hydrogens is 322 g/mol. The Bertz CT molecular complexity index is 573. The van der Waals surface area contributed by atoms with Gasteiger partial charge in [-0.3, -0.25) is 15.6 Å². The quantitative estimate of drug-likeness (QED) is 0.814. The molecule has 1 aliphatic heterocycles.